The van der Waals surface area contributed by atoms with Crippen LogP contribution < -0.4 is 4.90 Å². The fourth-order valence-corrected chi connectivity index (χ4v) is 5.49. The van der Waals surface area contributed by atoms with Gasteiger partial charge >= 0.3 is 0 Å². The van der Waals surface area contributed by atoms with Crippen molar-refractivity contribution >= 4 is 71.6 Å². The van der Waals surface area contributed by atoms with Gasteiger partial charge in [-0.25, -0.2) is 4.98 Å². The third kappa shape index (κ3) is 3.46. The number of hydrogen-bond donors (Lipinski definition) is 0. The van der Waals surface area contributed by atoms with Crippen LogP contribution in [0.4, 0.5) is 5.13 Å². The minimum absolute atomic E-state index is 0.0816. The van der Waals surface area contributed by atoms with Gasteiger partial charge in [0.25, 0.3) is 5.91 Å². The van der Waals surface area contributed by atoms with E-state index >= 15 is 0 Å². The lowest BCUT2D eigenvalue weighted by Crippen LogP contribution is -2.29. The molecule has 1 amide bonds. The number of thioether (sulfide) groups is 1. The average molecular weight is 465 g/mol. The molecule has 132 valence electrons. The van der Waals surface area contributed by atoms with E-state index in [1.807, 2.05) is 48.7 Å². The standard InChI is InChI=1S/C18H13BrN2O2S3/c1-24-12-5-2-6-13-16(12)20-18(26-13)21(10-11-4-3-9-23-11)17(22)14-7-8-15(19)25-14/h2-9H,10H2,1H3. The van der Waals surface area contributed by atoms with Crippen LogP contribution in [0.5, 0.6) is 0 Å². The maximum absolute atomic E-state index is 13.2. The van der Waals surface area contributed by atoms with Crippen LogP contribution in [0.3, 0.4) is 0 Å². The molecule has 0 N–H and O–H groups in total. The predicted molar refractivity (Wildman–Crippen MR) is 113 cm³/mol. The van der Waals surface area contributed by atoms with E-state index in [0.29, 0.717) is 16.6 Å². The molecule has 0 radical (unpaired) electrons. The average Bonchev–Trinajstić information content (AvgIpc) is 3.38. The van der Waals surface area contributed by atoms with Gasteiger partial charge in [-0.15, -0.1) is 23.1 Å². The van der Waals surface area contributed by atoms with Crippen molar-refractivity contribution in [1.82, 2.24) is 4.98 Å². The third-order valence-corrected chi connectivity index (χ3v) is 7.17. The van der Waals surface area contributed by atoms with E-state index in [1.165, 1.54) is 22.7 Å². The zero-order valence-electron chi connectivity index (χ0n) is 13.6. The van der Waals surface area contributed by atoms with E-state index in [9.17, 15) is 4.79 Å². The number of fused-ring (bicyclic) bond motifs is 1. The van der Waals surface area contributed by atoms with E-state index in [2.05, 4.69) is 15.9 Å². The Morgan fingerprint density at radius 1 is 1.23 bits per heavy atom. The molecule has 8 heteroatoms. The maximum atomic E-state index is 13.2. The monoisotopic (exact) mass is 464 g/mol. The number of rotatable bonds is 5. The van der Waals surface area contributed by atoms with Crippen LogP contribution in [-0.4, -0.2) is 17.1 Å². The Kier molecular flexibility index (Phi) is 5.17. The molecule has 0 aliphatic carbocycles. The number of halogens is 1. The van der Waals surface area contributed by atoms with E-state index in [-0.39, 0.29) is 5.91 Å². The van der Waals surface area contributed by atoms with Gasteiger partial charge < -0.3 is 4.42 Å². The number of amides is 1. The number of thiophene rings is 1. The molecule has 0 spiro atoms. The zero-order chi connectivity index (χ0) is 18.1. The van der Waals surface area contributed by atoms with Gasteiger partial charge in [0.05, 0.1) is 31.7 Å². The molecule has 0 unspecified atom stereocenters. The van der Waals surface area contributed by atoms with Crippen LogP contribution in [0.1, 0.15) is 15.4 Å². The van der Waals surface area contributed by atoms with Crippen molar-refractivity contribution in [2.24, 2.45) is 0 Å². The quantitative estimate of drug-likeness (QED) is 0.326. The number of carbonyl (C=O) groups excluding carboxylic acids is 1. The number of anilines is 1. The van der Waals surface area contributed by atoms with Gasteiger partial charge in [0, 0.05) is 4.90 Å². The summed E-state index contributed by atoms with van der Waals surface area (Å²) in [5, 5.41) is 0.674. The first-order valence-electron chi connectivity index (χ1n) is 7.69. The fraction of sp³-hybridized carbons (Fsp3) is 0.111. The van der Waals surface area contributed by atoms with Crippen LogP contribution in [0.15, 0.2) is 61.8 Å². The molecule has 26 heavy (non-hydrogen) atoms. The number of hydrogen-bond acceptors (Lipinski definition) is 6. The lowest BCUT2D eigenvalue weighted by Gasteiger charge is -2.17. The molecule has 3 heterocycles. The SMILES string of the molecule is CSc1cccc2sc(N(Cc3ccco3)C(=O)c3ccc(Br)s3)nc12. The van der Waals surface area contributed by atoms with Gasteiger partial charge in [0.15, 0.2) is 5.13 Å². The summed E-state index contributed by atoms with van der Waals surface area (Å²) in [6, 6.07) is 13.5. The Morgan fingerprint density at radius 3 is 2.81 bits per heavy atom. The van der Waals surface area contributed by atoms with Gasteiger partial charge in [-0.3, -0.25) is 9.69 Å². The predicted octanol–water partition coefficient (Wildman–Crippen LogP) is 6.28. The molecule has 1 aromatic carbocycles. The summed E-state index contributed by atoms with van der Waals surface area (Å²) in [6.07, 6.45) is 3.65. The van der Waals surface area contributed by atoms with Crippen molar-refractivity contribution in [2.45, 2.75) is 11.4 Å². The number of thiazole rings is 1. The van der Waals surface area contributed by atoms with Gasteiger partial charge in [-0.05, 0) is 58.6 Å². The van der Waals surface area contributed by atoms with Crippen molar-refractivity contribution < 1.29 is 9.21 Å². The van der Waals surface area contributed by atoms with Crippen molar-refractivity contribution in [3.05, 3.63) is 63.2 Å². The number of carbonyl (C=O) groups is 1. The topological polar surface area (TPSA) is 46.3 Å². The molecule has 0 aliphatic heterocycles. The summed E-state index contributed by atoms with van der Waals surface area (Å²) in [7, 11) is 0. The second-order valence-corrected chi connectivity index (χ2v) is 9.70. The van der Waals surface area contributed by atoms with Crippen LogP contribution in [0.25, 0.3) is 10.2 Å². The van der Waals surface area contributed by atoms with E-state index in [0.717, 1.165) is 24.7 Å². The summed E-state index contributed by atoms with van der Waals surface area (Å²) in [5.41, 5.74) is 0.935. The van der Waals surface area contributed by atoms with Crippen molar-refractivity contribution in [1.29, 1.82) is 0 Å². The Balaban J connectivity index is 1.78. The van der Waals surface area contributed by atoms with Gasteiger partial charge in [0.1, 0.15) is 5.76 Å². The Hall–Kier alpha value is -1.61. The smallest absolute Gasteiger partial charge is 0.270 e. The van der Waals surface area contributed by atoms with Crippen LogP contribution >= 0.6 is 50.4 Å². The number of benzene rings is 1. The van der Waals surface area contributed by atoms with Gasteiger partial charge in [-0.2, -0.15) is 0 Å². The summed E-state index contributed by atoms with van der Waals surface area (Å²) in [6.45, 7) is 0.343. The number of nitrogens with zero attached hydrogens (tertiary/aromatic N) is 2. The zero-order valence-corrected chi connectivity index (χ0v) is 17.7. The second-order valence-electron chi connectivity index (χ2n) is 5.38. The lowest BCUT2D eigenvalue weighted by atomic mass is 10.3. The van der Waals surface area contributed by atoms with Crippen LogP contribution in [-0.2, 0) is 6.54 Å². The van der Waals surface area contributed by atoms with Crippen LogP contribution in [0, 0.1) is 0 Å². The Labute approximate surface area is 171 Å². The first-order chi connectivity index (χ1) is 12.7. The molecule has 4 aromatic rings. The molecule has 0 aliphatic rings. The summed E-state index contributed by atoms with van der Waals surface area (Å²) < 4.78 is 7.46. The highest BCUT2D eigenvalue weighted by atomic mass is 79.9. The minimum atomic E-state index is -0.0816. The first-order valence-corrected chi connectivity index (χ1v) is 11.3. The number of furan rings is 1. The Bertz CT molecular complexity index is 1060. The molecule has 0 saturated carbocycles. The summed E-state index contributed by atoms with van der Waals surface area (Å²) >= 11 is 8.01. The van der Waals surface area contributed by atoms with Crippen molar-refractivity contribution in [2.75, 3.05) is 11.2 Å². The highest BCUT2D eigenvalue weighted by Crippen LogP contribution is 2.36. The van der Waals surface area contributed by atoms with Gasteiger partial charge in [-0.1, -0.05) is 17.4 Å². The van der Waals surface area contributed by atoms with E-state index in [1.54, 1.807) is 22.9 Å². The molecule has 0 atom stereocenters. The van der Waals surface area contributed by atoms with Crippen molar-refractivity contribution in [3.8, 4) is 0 Å². The van der Waals surface area contributed by atoms with E-state index < -0.39 is 0 Å². The van der Waals surface area contributed by atoms with Crippen LogP contribution in [0.2, 0.25) is 0 Å². The fourth-order valence-electron chi connectivity index (χ4n) is 2.54. The minimum Gasteiger partial charge on any atom is -0.467 e. The Morgan fingerprint density at radius 2 is 2.12 bits per heavy atom. The highest BCUT2D eigenvalue weighted by molar-refractivity contribution is 9.11. The summed E-state index contributed by atoms with van der Waals surface area (Å²) in [4.78, 5) is 21.4. The number of para-hydroxylation sites is 1. The normalized spacial score (nSPS) is 11.2. The van der Waals surface area contributed by atoms with E-state index in [4.69, 9.17) is 9.40 Å². The first kappa shape index (κ1) is 17.8. The molecular weight excluding hydrogens is 452 g/mol. The number of aromatic nitrogens is 1. The van der Waals surface area contributed by atoms with Gasteiger partial charge in [0.2, 0.25) is 0 Å². The lowest BCUT2D eigenvalue weighted by molar-refractivity contribution is 0.0987. The molecule has 0 bridgehead atoms. The molecular formula is C18H13BrN2O2S3. The molecule has 4 rings (SSSR count). The highest BCUT2D eigenvalue weighted by Gasteiger charge is 2.24. The molecule has 4 nitrogen and oxygen atoms in total. The molecule has 3 aromatic heterocycles. The maximum Gasteiger partial charge on any atom is 0.270 e. The molecule has 0 fully saturated rings. The summed E-state index contributed by atoms with van der Waals surface area (Å²) in [5.74, 6) is 0.639. The third-order valence-electron chi connectivity index (χ3n) is 3.74. The largest absolute Gasteiger partial charge is 0.467 e. The molecule has 0 saturated heterocycles. The van der Waals surface area contributed by atoms with Crippen molar-refractivity contribution in [3.63, 3.8) is 0 Å². The second kappa shape index (κ2) is 7.56.